The summed E-state index contributed by atoms with van der Waals surface area (Å²) in [6.45, 7) is 20.8. The summed E-state index contributed by atoms with van der Waals surface area (Å²) in [5.74, 6) is 0. The summed E-state index contributed by atoms with van der Waals surface area (Å²) in [5, 5.41) is 4.96. The van der Waals surface area contributed by atoms with Gasteiger partial charge in [0.05, 0.1) is 22.4 Å². The summed E-state index contributed by atoms with van der Waals surface area (Å²) in [7, 11) is 0. The molecule has 0 fully saturated rings. The third-order valence-electron chi connectivity index (χ3n) is 13.5. The monoisotopic (exact) mass is 856 g/mol. The maximum Gasteiger partial charge on any atom is 0.0547 e. The molecule has 10 rings (SSSR count). The fourth-order valence-electron chi connectivity index (χ4n) is 9.87. The van der Waals surface area contributed by atoms with Crippen LogP contribution in [-0.4, -0.2) is 4.57 Å². The first-order valence-corrected chi connectivity index (χ1v) is 23.5. The van der Waals surface area contributed by atoms with Crippen molar-refractivity contribution in [2.24, 2.45) is 0 Å². The van der Waals surface area contributed by atoms with Crippen LogP contribution < -0.4 is 4.90 Å². The van der Waals surface area contributed by atoms with Crippen LogP contribution in [0.4, 0.5) is 17.1 Å². The first-order valence-electron chi connectivity index (χ1n) is 23.5. The van der Waals surface area contributed by atoms with Gasteiger partial charge in [0.2, 0.25) is 0 Å². The smallest absolute Gasteiger partial charge is 0.0547 e. The number of hydrogen-bond donors (Lipinski definition) is 0. The number of aromatic nitrogens is 1. The fourth-order valence-corrected chi connectivity index (χ4v) is 9.87. The SMILES string of the molecule is CC(C)(C)c1ccc(N(c2ccccc2-c2cccc3cccc(-c4cc(C(C)(C)C)cc(C(C)(C)C)c4)c23)c2ccccc2-c2cccc3c2c2ccccc2n3-c2ccccc2)cc1. The predicted octanol–water partition coefficient (Wildman–Crippen LogP) is 18.3. The Morgan fingerprint density at radius 2 is 0.818 bits per heavy atom. The Labute approximate surface area is 391 Å². The van der Waals surface area contributed by atoms with E-state index in [2.05, 4.69) is 272 Å². The second-order valence-corrected chi connectivity index (χ2v) is 21.1. The maximum atomic E-state index is 2.51. The van der Waals surface area contributed by atoms with Crippen LogP contribution in [0.5, 0.6) is 0 Å². The highest BCUT2D eigenvalue weighted by molar-refractivity contribution is 6.17. The normalized spacial score (nSPS) is 12.3. The van der Waals surface area contributed by atoms with Crippen LogP contribution >= 0.6 is 0 Å². The molecule has 0 aliphatic carbocycles. The summed E-state index contributed by atoms with van der Waals surface area (Å²) in [4.78, 5) is 2.51. The first kappa shape index (κ1) is 42.8. The Morgan fingerprint density at radius 3 is 1.41 bits per heavy atom. The van der Waals surface area contributed by atoms with E-state index in [1.807, 2.05) is 0 Å². The lowest BCUT2D eigenvalue weighted by Gasteiger charge is -2.31. The van der Waals surface area contributed by atoms with Gasteiger partial charge in [0.1, 0.15) is 0 Å². The number of hydrogen-bond acceptors (Lipinski definition) is 1. The van der Waals surface area contributed by atoms with E-state index < -0.39 is 0 Å². The van der Waals surface area contributed by atoms with Crippen LogP contribution in [0.2, 0.25) is 0 Å². The second kappa shape index (κ2) is 16.4. The van der Waals surface area contributed by atoms with E-state index in [1.165, 1.54) is 82.6 Å². The Hall–Kier alpha value is -7.16. The van der Waals surface area contributed by atoms with Gasteiger partial charge in [-0.3, -0.25) is 0 Å². The molecule has 0 saturated carbocycles. The highest BCUT2D eigenvalue weighted by Crippen LogP contribution is 2.49. The minimum absolute atomic E-state index is 0.00671. The van der Waals surface area contributed by atoms with Crippen molar-refractivity contribution in [2.45, 2.75) is 78.6 Å². The summed E-state index contributed by atoms with van der Waals surface area (Å²) >= 11 is 0. The molecule has 0 atom stereocenters. The van der Waals surface area contributed by atoms with Gasteiger partial charge in [-0.15, -0.1) is 0 Å². The standard InChI is InChI=1S/C64H60N2/c1-62(2,3)45-36-38-49(39-37-45)65(57-33-17-14-27-52(57)54-31-21-35-59-61(54)55-28-15-18-34-58(55)66(59)48-24-11-10-12-25-48)56-32-16-13-26-51(56)53-30-20-23-43-22-19-29-50(60(43)53)44-40-46(63(4,5)6)42-47(41-44)64(7,8)9/h10-42H,1-9H3. The van der Waals surface area contributed by atoms with Crippen molar-refractivity contribution in [3.8, 4) is 39.1 Å². The van der Waals surface area contributed by atoms with E-state index in [1.54, 1.807) is 0 Å². The van der Waals surface area contributed by atoms with Crippen molar-refractivity contribution in [1.82, 2.24) is 4.57 Å². The molecule has 10 aromatic rings. The lowest BCUT2D eigenvalue weighted by molar-refractivity contribution is 0.569. The molecule has 9 aromatic carbocycles. The molecular formula is C64H60N2. The number of anilines is 3. The van der Waals surface area contributed by atoms with Crippen LogP contribution in [0.3, 0.4) is 0 Å². The summed E-state index contributed by atoms with van der Waals surface area (Å²) in [5.41, 5.74) is 18.1. The molecule has 0 aliphatic rings. The van der Waals surface area contributed by atoms with Crippen LogP contribution in [0.15, 0.2) is 200 Å². The average Bonchev–Trinajstić information content (AvgIpc) is 3.66. The van der Waals surface area contributed by atoms with Crippen molar-refractivity contribution in [2.75, 3.05) is 4.90 Å². The van der Waals surface area contributed by atoms with Crippen LogP contribution in [0, 0.1) is 0 Å². The number of rotatable bonds is 7. The van der Waals surface area contributed by atoms with E-state index in [-0.39, 0.29) is 16.2 Å². The minimum Gasteiger partial charge on any atom is -0.309 e. The van der Waals surface area contributed by atoms with Crippen LogP contribution in [0.25, 0.3) is 71.6 Å². The topological polar surface area (TPSA) is 8.17 Å². The van der Waals surface area contributed by atoms with Gasteiger partial charge < -0.3 is 9.47 Å². The van der Waals surface area contributed by atoms with Gasteiger partial charge in [-0.2, -0.15) is 0 Å². The highest BCUT2D eigenvalue weighted by atomic mass is 15.1. The zero-order valence-corrected chi connectivity index (χ0v) is 39.9. The Balaban J connectivity index is 1.24. The zero-order chi connectivity index (χ0) is 46.0. The van der Waals surface area contributed by atoms with E-state index in [0.29, 0.717) is 0 Å². The summed E-state index contributed by atoms with van der Waals surface area (Å²) in [6, 6.07) is 74.6. The summed E-state index contributed by atoms with van der Waals surface area (Å²) in [6.07, 6.45) is 0. The molecule has 0 unspecified atom stereocenters. The lowest BCUT2D eigenvalue weighted by Crippen LogP contribution is -2.16. The molecule has 0 N–H and O–H groups in total. The largest absolute Gasteiger partial charge is 0.309 e. The predicted molar refractivity (Wildman–Crippen MR) is 285 cm³/mol. The van der Waals surface area contributed by atoms with E-state index in [0.717, 1.165) is 22.7 Å². The molecule has 0 spiro atoms. The van der Waals surface area contributed by atoms with Crippen molar-refractivity contribution < 1.29 is 0 Å². The molecule has 0 amide bonds. The third kappa shape index (κ3) is 7.69. The zero-order valence-electron chi connectivity index (χ0n) is 39.9. The van der Waals surface area contributed by atoms with Crippen molar-refractivity contribution in [3.63, 3.8) is 0 Å². The molecule has 0 bridgehead atoms. The van der Waals surface area contributed by atoms with Gasteiger partial charge in [-0.1, -0.05) is 214 Å². The van der Waals surface area contributed by atoms with Crippen LogP contribution in [-0.2, 0) is 16.2 Å². The molecule has 2 heteroatoms. The Morgan fingerprint density at radius 1 is 0.348 bits per heavy atom. The molecule has 0 radical (unpaired) electrons. The maximum absolute atomic E-state index is 2.51. The Kier molecular flexibility index (Phi) is 10.6. The van der Waals surface area contributed by atoms with Gasteiger partial charge in [0.25, 0.3) is 0 Å². The molecule has 66 heavy (non-hydrogen) atoms. The Bertz CT molecular complexity index is 3360. The fraction of sp³-hybridized carbons (Fsp3) is 0.188. The van der Waals surface area contributed by atoms with Gasteiger partial charge in [-0.25, -0.2) is 0 Å². The number of nitrogens with zero attached hydrogens (tertiary/aromatic N) is 2. The van der Waals surface area contributed by atoms with E-state index in [9.17, 15) is 0 Å². The van der Waals surface area contributed by atoms with Crippen molar-refractivity contribution in [3.05, 3.63) is 217 Å². The van der Waals surface area contributed by atoms with Gasteiger partial charge >= 0.3 is 0 Å². The van der Waals surface area contributed by atoms with Gasteiger partial charge in [0, 0.05) is 33.3 Å². The quantitative estimate of drug-likeness (QED) is 0.155. The molecule has 1 heterocycles. The second-order valence-electron chi connectivity index (χ2n) is 21.1. The molecule has 0 aliphatic heterocycles. The highest BCUT2D eigenvalue weighted by Gasteiger charge is 2.26. The summed E-state index contributed by atoms with van der Waals surface area (Å²) < 4.78 is 2.41. The van der Waals surface area contributed by atoms with Gasteiger partial charge in [0.15, 0.2) is 0 Å². The number of benzene rings is 9. The first-order chi connectivity index (χ1) is 31.7. The van der Waals surface area contributed by atoms with Gasteiger partial charge in [-0.05, 0) is 114 Å². The molecule has 2 nitrogen and oxygen atoms in total. The lowest BCUT2D eigenvalue weighted by atomic mass is 9.78. The van der Waals surface area contributed by atoms with Crippen LogP contribution in [0.1, 0.15) is 79.0 Å². The van der Waals surface area contributed by atoms with Crippen molar-refractivity contribution >= 4 is 49.6 Å². The number of para-hydroxylation sites is 4. The third-order valence-corrected chi connectivity index (χ3v) is 13.5. The van der Waals surface area contributed by atoms with E-state index in [4.69, 9.17) is 0 Å². The number of fused-ring (bicyclic) bond motifs is 4. The van der Waals surface area contributed by atoms with Crippen molar-refractivity contribution in [1.29, 1.82) is 0 Å². The van der Waals surface area contributed by atoms with E-state index >= 15 is 0 Å². The average molecular weight is 857 g/mol. The molecule has 0 saturated heterocycles. The minimum atomic E-state index is -0.00671. The molecule has 326 valence electrons. The molecule has 1 aromatic heterocycles. The molecular weight excluding hydrogens is 797 g/mol.